The minimum absolute atomic E-state index is 0.920. The first-order valence-electron chi connectivity index (χ1n) is 7.83. The number of para-hydroxylation sites is 1. The van der Waals surface area contributed by atoms with Gasteiger partial charge in [-0.15, -0.1) is 0 Å². The Morgan fingerprint density at radius 2 is 1.61 bits per heavy atom. The van der Waals surface area contributed by atoms with Crippen LogP contribution in [0.5, 0.6) is 5.75 Å². The quantitative estimate of drug-likeness (QED) is 0.436. The molecular formula is C21H15NO. The van der Waals surface area contributed by atoms with Crippen molar-refractivity contribution < 1.29 is 4.74 Å². The van der Waals surface area contributed by atoms with Crippen LogP contribution in [0.2, 0.25) is 0 Å². The summed E-state index contributed by atoms with van der Waals surface area (Å²) in [6, 6.07) is 21.2. The molecular weight excluding hydrogens is 282 g/mol. The number of ether oxygens (including phenoxy) is 1. The van der Waals surface area contributed by atoms with Gasteiger partial charge in [0.25, 0.3) is 0 Å². The second-order valence-electron chi connectivity index (χ2n) is 6.03. The van der Waals surface area contributed by atoms with Gasteiger partial charge in [0, 0.05) is 22.8 Å². The first-order valence-corrected chi connectivity index (χ1v) is 7.83. The molecule has 1 heterocycles. The van der Waals surface area contributed by atoms with Crippen LogP contribution in [0.15, 0.2) is 60.7 Å². The van der Waals surface area contributed by atoms with E-state index in [2.05, 4.69) is 54.6 Å². The van der Waals surface area contributed by atoms with Gasteiger partial charge in [-0.25, -0.2) is 4.98 Å². The van der Waals surface area contributed by atoms with Crippen molar-refractivity contribution >= 4 is 21.7 Å². The van der Waals surface area contributed by atoms with Crippen LogP contribution in [0, 0.1) is 0 Å². The van der Waals surface area contributed by atoms with Crippen LogP contribution >= 0.6 is 0 Å². The van der Waals surface area contributed by atoms with Crippen molar-refractivity contribution in [3.8, 4) is 17.0 Å². The van der Waals surface area contributed by atoms with Crippen LogP contribution in [-0.2, 0) is 6.42 Å². The first-order chi connectivity index (χ1) is 11.3. The van der Waals surface area contributed by atoms with Crippen molar-refractivity contribution in [3.63, 3.8) is 0 Å². The number of nitrogens with zero attached hydrogens (tertiary/aromatic N) is 1. The molecule has 2 heteroatoms. The van der Waals surface area contributed by atoms with Crippen LogP contribution in [0.1, 0.15) is 11.1 Å². The van der Waals surface area contributed by atoms with Gasteiger partial charge >= 0.3 is 0 Å². The molecule has 2 nitrogen and oxygen atoms in total. The molecule has 110 valence electrons. The third-order valence-electron chi connectivity index (χ3n) is 4.71. The average Bonchev–Trinajstić information content (AvgIpc) is 2.94. The summed E-state index contributed by atoms with van der Waals surface area (Å²) in [5.74, 6) is 0.944. The predicted molar refractivity (Wildman–Crippen MR) is 94.0 cm³/mol. The molecule has 0 amide bonds. The zero-order chi connectivity index (χ0) is 15.4. The number of rotatable bonds is 1. The Hall–Kier alpha value is -2.87. The van der Waals surface area contributed by atoms with E-state index >= 15 is 0 Å². The molecule has 0 fully saturated rings. The Kier molecular flexibility index (Phi) is 2.51. The summed E-state index contributed by atoms with van der Waals surface area (Å²) in [6.45, 7) is 0. The fourth-order valence-corrected chi connectivity index (χ4v) is 3.70. The zero-order valence-corrected chi connectivity index (χ0v) is 12.8. The average molecular weight is 297 g/mol. The van der Waals surface area contributed by atoms with E-state index < -0.39 is 0 Å². The molecule has 0 spiro atoms. The minimum Gasteiger partial charge on any atom is -0.495 e. The van der Waals surface area contributed by atoms with Crippen LogP contribution < -0.4 is 4.74 Å². The van der Waals surface area contributed by atoms with Crippen molar-refractivity contribution in [1.82, 2.24) is 4.98 Å². The standard InChI is InChI=1S/C21H15NO/c1-23-21-17-8-4-2-6-13(17)10-15-12-16-11-14-7-3-5-9-18(14)22-20(16)19(15)21/h2-11H,12H2,1H3. The maximum atomic E-state index is 5.80. The molecule has 0 aliphatic heterocycles. The molecule has 1 aromatic heterocycles. The number of pyridine rings is 1. The highest BCUT2D eigenvalue weighted by atomic mass is 16.5. The maximum absolute atomic E-state index is 5.80. The summed E-state index contributed by atoms with van der Waals surface area (Å²) in [5.41, 5.74) is 5.85. The molecule has 23 heavy (non-hydrogen) atoms. The molecule has 0 radical (unpaired) electrons. The number of hydrogen-bond donors (Lipinski definition) is 0. The normalized spacial score (nSPS) is 12.4. The summed E-state index contributed by atoms with van der Waals surface area (Å²) in [5, 5.41) is 3.57. The van der Waals surface area contributed by atoms with Crippen molar-refractivity contribution in [1.29, 1.82) is 0 Å². The molecule has 0 N–H and O–H groups in total. The third kappa shape index (κ3) is 1.72. The Bertz CT molecular complexity index is 1080. The van der Waals surface area contributed by atoms with Gasteiger partial charge in [0.05, 0.1) is 18.3 Å². The molecule has 0 bridgehead atoms. The van der Waals surface area contributed by atoms with Crippen molar-refractivity contribution in [2.24, 2.45) is 0 Å². The van der Waals surface area contributed by atoms with Gasteiger partial charge < -0.3 is 4.74 Å². The zero-order valence-electron chi connectivity index (χ0n) is 12.8. The van der Waals surface area contributed by atoms with E-state index in [4.69, 9.17) is 9.72 Å². The third-order valence-corrected chi connectivity index (χ3v) is 4.71. The van der Waals surface area contributed by atoms with E-state index in [1.54, 1.807) is 7.11 Å². The second-order valence-corrected chi connectivity index (χ2v) is 6.03. The Balaban J connectivity index is 1.89. The molecule has 1 aliphatic rings. The number of methoxy groups -OCH3 is 1. The molecule has 4 aromatic rings. The van der Waals surface area contributed by atoms with Gasteiger partial charge in [0.15, 0.2) is 0 Å². The van der Waals surface area contributed by atoms with Gasteiger partial charge in [-0.3, -0.25) is 0 Å². The van der Waals surface area contributed by atoms with E-state index in [0.717, 1.165) is 34.3 Å². The van der Waals surface area contributed by atoms with E-state index in [1.165, 1.54) is 21.9 Å². The molecule has 0 atom stereocenters. The molecule has 0 unspecified atom stereocenters. The van der Waals surface area contributed by atoms with Gasteiger partial charge in [-0.2, -0.15) is 0 Å². The summed E-state index contributed by atoms with van der Waals surface area (Å²) >= 11 is 0. The number of fused-ring (bicyclic) bond motifs is 5. The Labute approximate surface area is 134 Å². The van der Waals surface area contributed by atoms with E-state index in [1.807, 2.05) is 6.07 Å². The molecule has 0 saturated heterocycles. The van der Waals surface area contributed by atoms with Crippen LogP contribution in [0.25, 0.3) is 32.9 Å². The lowest BCUT2D eigenvalue weighted by Crippen LogP contribution is -1.92. The first kappa shape index (κ1) is 12.7. The van der Waals surface area contributed by atoms with E-state index in [0.29, 0.717) is 0 Å². The maximum Gasteiger partial charge on any atom is 0.136 e. The predicted octanol–water partition coefficient (Wildman–Crippen LogP) is 4.97. The minimum atomic E-state index is 0.920. The number of hydrogen-bond acceptors (Lipinski definition) is 2. The van der Waals surface area contributed by atoms with Crippen LogP contribution in [0.3, 0.4) is 0 Å². The van der Waals surface area contributed by atoms with Gasteiger partial charge in [0.1, 0.15) is 5.75 Å². The summed E-state index contributed by atoms with van der Waals surface area (Å²) < 4.78 is 5.80. The fourth-order valence-electron chi connectivity index (χ4n) is 3.70. The molecule has 5 rings (SSSR count). The monoisotopic (exact) mass is 297 g/mol. The largest absolute Gasteiger partial charge is 0.495 e. The van der Waals surface area contributed by atoms with Gasteiger partial charge in [-0.1, -0.05) is 42.5 Å². The lowest BCUT2D eigenvalue weighted by molar-refractivity contribution is 0.421. The van der Waals surface area contributed by atoms with Crippen LogP contribution in [-0.4, -0.2) is 12.1 Å². The number of benzene rings is 3. The summed E-state index contributed by atoms with van der Waals surface area (Å²) in [4.78, 5) is 4.93. The van der Waals surface area contributed by atoms with E-state index in [9.17, 15) is 0 Å². The summed E-state index contributed by atoms with van der Waals surface area (Å²) in [7, 11) is 1.75. The van der Waals surface area contributed by atoms with Crippen LogP contribution in [0.4, 0.5) is 0 Å². The highest BCUT2D eigenvalue weighted by Gasteiger charge is 2.26. The smallest absolute Gasteiger partial charge is 0.136 e. The second kappa shape index (κ2) is 4.56. The highest BCUT2D eigenvalue weighted by Crippen LogP contribution is 2.46. The topological polar surface area (TPSA) is 22.1 Å². The SMILES string of the molecule is COc1c2c(cc3ccccc13)Cc1cc3ccccc3nc1-2. The molecule has 3 aromatic carbocycles. The molecule has 0 saturated carbocycles. The summed E-state index contributed by atoms with van der Waals surface area (Å²) in [6.07, 6.45) is 0.920. The highest BCUT2D eigenvalue weighted by molar-refractivity contribution is 5.99. The fraction of sp³-hybridized carbons (Fsp3) is 0.0952. The lowest BCUT2D eigenvalue weighted by atomic mass is 10.0. The van der Waals surface area contributed by atoms with Crippen molar-refractivity contribution in [2.45, 2.75) is 6.42 Å². The van der Waals surface area contributed by atoms with Crippen molar-refractivity contribution in [2.75, 3.05) is 7.11 Å². The Morgan fingerprint density at radius 3 is 2.48 bits per heavy atom. The van der Waals surface area contributed by atoms with E-state index in [-0.39, 0.29) is 0 Å². The lowest BCUT2D eigenvalue weighted by Gasteiger charge is -2.12. The number of aromatic nitrogens is 1. The Morgan fingerprint density at radius 1 is 0.870 bits per heavy atom. The van der Waals surface area contributed by atoms with Gasteiger partial charge in [-0.05, 0) is 34.7 Å². The van der Waals surface area contributed by atoms with Crippen molar-refractivity contribution in [3.05, 3.63) is 71.8 Å². The van der Waals surface area contributed by atoms with Gasteiger partial charge in [0.2, 0.25) is 0 Å². The molecule has 1 aliphatic carbocycles.